The molecule has 0 atom stereocenters. The minimum Gasteiger partial charge on any atom is -0.512 e. The summed E-state index contributed by atoms with van der Waals surface area (Å²) < 4.78 is 7.45. The van der Waals surface area contributed by atoms with Crippen LogP contribution >= 0.6 is 0 Å². The molecule has 0 aliphatic rings. The monoisotopic (exact) mass is 824 g/mol. The first-order chi connectivity index (χ1) is 22.2. The van der Waals surface area contributed by atoms with E-state index in [0.717, 1.165) is 64.6 Å². The molecule has 2 aromatic carbocycles. The van der Waals surface area contributed by atoms with E-state index in [9.17, 15) is 9.90 Å². The first-order valence-electron chi connectivity index (χ1n) is 16.8. The third-order valence-electron chi connectivity index (χ3n) is 10.1. The fourth-order valence-corrected chi connectivity index (χ4v) is 5.61. The second kappa shape index (κ2) is 15.7. The van der Waals surface area contributed by atoms with E-state index in [2.05, 4.69) is 75.3 Å². The van der Waals surface area contributed by atoms with Gasteiger partial charge >= 0.3 is 0 Å². The average Bonchev–Trinajstić information content (AvgIpc) is 3.55. The molecule has 5 aromatic rings. The van der Waals surface area contributed by atoms with Crippen molar-refractivity contribution in [1.29, 1.82) is 0 Å². The number of aliphatic hydroxyl groups is 1. The standard InChI is InChI=1S/C27H23N2O.C15H28O2.Ir/c1-27(2,3)23-14-21(13-18-7-5-6-8-22(18)23)25-15-19(9-11-29(25)4)24-16-26-20(17-28-24)10-12-30-26;1-7-14(5,8-2)12(16)11-13(17)15(6,9-3)10-4;/h5-12,14-17H,4H2,1-3H3;11,16H,7-10H2,1-6H3;/q-1;;/b;12-11-;. The van der Waals surface area contributed by atoms with Crippen molar-refractivity contribution in [2.24, 2.45) is 10.8 Å². The first-order valence-corrected chi connectivity index (χ1v) is 16.8. The van der Waals surface area contributed by atoms with Crippen LogP contribution in [0.5, 0.6) is 0 Å². The number of pyridine rings is 2. The van der Waals surface area contributed by atoms with Gasteiger partial charge in [0.05, 0.1) is 18.2 Å². The van der Waals surface area contributed by atoms with E-state index in [0.29, 0.717) is 0 Å². The van der Waals surface area contributed by atoms with Crippen molar-refractivity contribution in [2.45, 2.75) is 93.4 Å². The van der Waals surface area contributed by atoms with Gasteiger partial charge in [0.25, 0.3) is 0 Å². The van der Waals surface area contributed by atoms with E-state index in [1.807, 2.05) is 76.7 Å². The molecule has 48 heavy (non-hydrogen) atoms. The van der Waals surface area contributed by atoms with Crippen molar-refractivity contribution in [2.75, 3.05) is 0 Å². The summed E-state index contributed by atoms with van der Waals surface area (Å²) in [6, 6.07) is 22.3. The average molecular weight is 824 g/mol. The van der Waals surface area contributed by atoms with Gasteiger partial charge in [-0.2, -0.15) is 0 Å². The molecule has 3 aromatic heterocycles. The molecule has 0 spiro atoms. The third-order valence-corrected chi connectivity index (χ3v) is 10.1. The Bertz CT molecular complexity index is 1890. The number of rotatable bonds is 9. The summed E-state index contributed by atoms with van der Waals surface area (Å²) in [5.41, 5.74) is 5.44. The quantitative estimate of drug-likeness (QED) is 0.0696. The summed E-state index contributed by atoms with van der Waals surface area (Å²) >= 11 is 0. The molecule has 0 saturated carbocycles. The molecule has 3 heterocycles. The Kier molecular flexibility index (Phi) is 12.6. The number of fused-ring (bicyclic) bond motifs is 2. The smallest absolute Gasteiger partial charge is 0.164 e. The molecule has 1 radical (unpaired) electrons. The van der Waals surface area contributed by atoms with E-state index < -0.39 is 0 Å². The Morgan fingerprint density at radius 1 is 0.938 bits per heavy atom. The van der Waals surface area contributed by atoms with Gasteiger partial charge in [0.1, 0.15) is 17.0 Å². The number of hydrogen-bond donors (Lipinski definition) is 1. The van der Waals surface area contributed by atoms with Gasteiger partial charge in [0, 0.05) is 61.7 Å². The molecule has 0 aliphatic heterocycles. The van der Waals surface area contributed by atoms with Gasteiger partial charge in [0.15, 0.2) is 5.78 Å². The summed E-state index contributed by atoms with van der Waals surface area (Å²) in [7, 11) is 4.20. The second-order valence-electron chi connectivity index (χ2n) is 14.1. The number of ketones is 1. The zero-order valence-corrected chi connectivity index (χ0v) is 32.4. The number of carbonyl (C=O) groups is 1. The number of carbonyl (C=O) groups excluding carboxylic acids is 1. The maximum atomic E-state index is 12.2. The predicted molar refractivity (Wildman–Crippen MR) is 194 cm³/mol. The molecule has 5 rings (SSSR count). The number of aliphatic hydroxyl groups excluding tert-OH is 1. The van der Waals surface area contributed by atoms with Gasteiger partial charge in [0.2, 0.25) is 0 Å². The molecule has 0 saturated heterocycles. The maximum absolute atomic E-state index is 12.2. The van der Waals surface area contributed by atoms with Gasteiger partial charge < -0.3 is 14.1 Å². The summed E-state index contributed by atoms with van der Waals surface area (Å²) in [6.07, 6.45) is 10.3. The van der Waals surface area contributed by atoms with Gasteiger partial charge in [-0.05, 0) is 54.9 Å². The largest absolute Gasteiger partial charge is 0.512 e. The molecule has 0 bridgehead atoms. The van der Waals surface area contributed by atoms with Gasteiger partial charge in [-0.1, -0.05) is 91.5 Å². The van der Waals surface area contributed by atoms with Crippen molar-refractivity contribution in [3.8, 4) is 22.5 Å². The van der Waals surface area contributed by atoms with Crippen LogP contribution in [0.25, 0.3) is 44.3 Å². The first kappa shape index (κ1) is 38.7. The van der Waals surface area contributed by atoms with E-state index in [1.54, 1.807) is 6.26 Å². The van der Waals surface area contributed by atoms with Crippen LogP contribution in [0.15, 0.2) is 89.5 Å². The number of furan rings is 1. The van der Waals surface area contributed by atoms with Crippen LogP contribution in [0.1, 0.15) is 93.6 Å². The Morgan fingerprint density at radius 2 is 1.58 bits per heavy atom. The number of nitrogens with zero attached hydrogens (tertiary/aromatic N) is 2. The van der Waals surface area contributed by atoms with E-state index in [-0.39, 0.29) is 47.9 Å². The van der Waals surface area contributed by atoms with Crippen molar-refractivity contribution >= 4 is 27.5 Å². The third kappa shape index (κ3) is 8.28. The Hall–Kier alpha value is -3.73. The minimum atomic E-state index is -0.337. The molecule has 0 unspecified atom stereocenters. The minimum absolute atomic E-state index is 0. The number of hydrogen-bond acceptors (Lipinski definition) is 4. The Labute approximate surface area is 300 Å². The van der Waals surface area contributed by atoms with Gasteiger partial charge in [-0.3, -0.25) is 9.78 Å². The summed E-state index contributed by atoms with van der Waals surface area (Å²) in [5.74, 6) is 0.286. The van der Waals surface area contributed by atoms with Crippen LogP contribution in [0.3, 0.4) is 0 Å². The number of allylic oxidation sites excluding steroid dienone is 2. The Morgan fingerprint density at radius 3 is 2.21 bits per heavy atom. The zero-order chi connectivity index (χ0) is 34.6. The second-order valence-corrected chi connectivity index (χ2v) is 14.1. The SMILES string of the molecule is CCC(C)(CC)C(=O)/C=C(\O)C(C)(CC)CC.[CH2-][n+]1ccc(-c2cc3occc3cn2)cc1-c1[c-]c2ccccc2c(C(C)(C)C)c1.[Ir]. The molecule has 1 N–H and O–H groups in total. The van der Waals surface area contributed by atoms with Crippen molar-refractivity contribution in [3.05, 3.63) is 104 Å². The fraction of sp³-hybridized carbons (Fsp3) is 0.381. The topological polar surface area (TPSA) is 67.2 Å². The molecule has 0 aliphatic carbocycles. The number of aromatic nitrogens is 2. The molecule has 0 amide bonds. The van der Waals surface area contributed by atoms with E-state index >= 15 is 0 Å². The van der Waals surface area contributed by atoms with Crippen LogP contribution in [0.2, 0.25) is 0 Å². The predicted octanol–water partition coefficient (Wildman–Crippen LogP) is 11.0. The van der Waals surface area contributed by atoms with E-state index in [1.165, 1.54) is 17.0 Å². The molecular weight excluding hydrogens is 773 g/mol. The van der Waals surface area contributed by atoms with Crippen LogP contribution in [0.4, 0.5) is 0 Å². The van der Waals surface area contributed by atoms with Crippen molar-refractivity contribution in [1.82, 2.24) is 4.98 Å². The van der Waals surface area contributed by atoms with Crippen molar-refractivity contribution < 1.29 is 39.0 Å². The Balaban J connectivity index is 0.000000301. The van der Waals surface area contributed by atoms with E-state index in [4.69, 9.17) is 4.42 Å². The van der Waals surface area contributed by atoms with Crippen LogP contribution in [-0.4, -0.2) is 15.9 Å². The summed E-state index contributed by atoms with van der Waals surface area (Å²) in [5, 5.41) is 13.5. The van der Waals surface area contributed by atoms with Gasteiger partial charge in [-0.25, -0.2) is 0 Å². The fourth-order valence-electron chi connectivity index (χ4n) is 5.61. The summed E-state index contributed by atoms with van der Waals surface area (Å²) in [6.45, 7) is 18.8. The van der Waals surface area contributed by atoms with Gasteiger partial charge in [-0.15, -0.1) is 29.1 Å². The molecule has 6 heteroatoms. The molecular formula is C42H51IrN2O3-. The van der Waals surface area contributed by atoms with Crippen LogP contribution < -0.4 is 4.57 Å². The molecule has 5 nitrogen and oxygen atoms in total. The van der Waals surface area contributed by atoms with Crippen molar-refractivity contribution in [3.63, 3.8) is 0 Å². The normalized spacial score (nSPS) is 12.4. The maximum Gasteiger partial charge on any atom is 0.164 e. The number of benzene rings is 2. The summed E-state index contributed by atoms with van der Waals surface area (Å²) in [4.78, 5) is 16.8. The molecule has 257 valence electrons. The van der Waals surface area contributed by atoms with Crippen LogP contribution in [-0.2, 0) is 30.3 Å². The van der Waals surface area contributed by atoms with Crippen LogP contribution in [0, 0.1) is 23.9 Å². The zero-order valence-electron chi connectivity index (χ0n) is 30.0. The molecule has 0 fully saturated rings.